The van der Waals surface area contributed by atoms with Gasteiger partial charge in [-0.15, -0.1) is 11.3 Å². The van der Waals surface area contributed by atoms with Crippen LogP contribution in [0.5, 0.6) is 0 Å². The summed E-state index contributed by atoms with van der Waals surface area (Å²) in [6, 6.07) is 8.07. The number of piperazine rings is 1. The fraction of sp³-hybridized carbons (Fsp3) is 0.522. The topological polar surface area (TPSA) is 81.2 Å². The molecule has 2 aromatic rings. The third kappa shape index (κ3) is 5.65. The number of sulfonamides is 1. The Hall–Kier alpha value is -2.15. The molecule has 7 nitrogen and oxygen atoms in total. The number of hydrogen-bond acceptors (Lipinski definition) is 6. The van der Waals surface area contributed by atoms with Crippen LogP contribution < -0.4 is 4.90 Å². The zero-order chi connectivity index (χ0) is 26.2. The Morgan fingerprint density at radius 2 is 1.83 bits per heavy atom. The molecule has 3 rings (SSSR count). The molecule has 0 saturated carbocycles. The van der Waals surface area contributed by atoms with Gasteiger partial charge in [0.2, 0.25) is 5.91 Å². The molecule has 1 saturated heterocycles. The van der Waals surface area contributed by atoms with Crippen LogP contribution in [0.15, 0.2) is 46.0 Å². The van der Waals surface area contributed by atoms with Crippen LogP contribution >= 0.6 is 11.3 Å². The molecule has 1 fully saturated rings. The summed E-state index contributed by atoms with van der Waals surface area (Å²) in [4.78, 5) is 15.8. The highest BCUT2D eigenvalue weighted by molar-refractivity contribution is 7.91. The average Bonchev–Trinajstić information content (AvgIpc) is 3.32. The molecular weight excluding hydrogens is 503 g/mol. The molecule has 0 spiro atoms. The van der Waals surface area contributed by atoms with E-state index in [1.807, 2.05) is 18.7 Å². The van der Waals surface area contributed by atoms with Crippen molar-refractivity contribution in [1.29, 1.82) is 0 Å². The minimum Gasteiger partial charge on any atom is -0.376 e. The Balaban J connectivity index is 1.93. The lowest BCUT2D eigenvalue weighted by Gasteiger charge is -2.44. The lowest BCUT2D eigenvalue weighted by Crippen LogP contribution is -2.59. The Labute approximate surface area is 207 Å². The fourth-order valence-corrected chi connectivity index (χ4v) is 6.76. The minimum absolute atomic E-state index is 0.110. The average molecular weight is 534 g/mol. The Kier molecular flexibility index (Phi) is 7.90. The zero-order valence-electron chi connectivity index (χ0n) is 20.0. The summed E-state index contributed by atoms with van der Waals surface area (Å²) in [5.41, 5.74) is -2.71. The number of halogens is 3. The first kappa shape index (κ1) is 27.4. The summed E-state index contributed by atoms with van der Waals surface area (Å²) in [7, 11) is -3.71. The second kappa shape index (κ2) is 10.1. The Morgan fingerprint density at radius 1 is 1.20 bits per heavy atom. The number of nitrogens with zero attached hydrogens (tertiary/aromatic N) is 3. The van der Waals surface area contributed by atoms with Gasteiger partial charge < -0.3 is 14.9 Å². The van der Waals surface area contributed by atoms with Crippen LogP contribution in [-0.2, 0) is 20.4 Å². The Bertz CT molecular complexity index is 1120. The number of rotatable bonds is 7. The number of amides is 1. The van der Waals surface area contributed by atoms with E-state index in [0.717, 1.165) is 11.3 Å². The van der Waals surface area contributed by atoms with Gasteiger partial charge in [0.05, 0.1) is 6.04 Å². The molecule has 1 aromatic heterocycles. The van der Waals surface area contributed by atoms with Crippen LogP contribution in [0.3, 0.4) is 0 Å². The predicted octanol–water partition coefficient (Wildman–Crippen LogP) is 3.65. The third-order valence-corrected chi connectivity index (χ3v) is 9.52. The van der Waals surface area contributed by atoms with Crippen molar-refractivity contribution in [2.24, 2.45) is 0 Å². The number of aliphatic hydroxyl groups is 1. The SMILES string of the molecule is CC(=O)N(C[C@H]1CN(S(=O)(=O)c2cccs2)CCN1c1ccc([C@@](C)(O)C(F)(F)F)cc1)C(C)C. The molecule has 1 aliphatic heterocycles. The van der Waals surface area contributed by atoms with Crippen LogP contribution in [-0.4, -0.2) is 73.1 Å². The third-order valence-electron chi connectivity index (χ3n) is 6.28. The van der Waals surface area contributed by atoms with Gasteiger partial charge in [-0.3, -0.25) is 4.79 Å². The fourth-order valence-electron chi connectivity index (χ4n) is 4.15. The van der Waals surface area contributed by atoms with E-state index in [4.69, 9.17) is 0 Å². The first-order valence-electron chi connectivity index (χ1n) is 11.1. The maximum atomic E-state index is 13.2. The quantitative estimate of drug-likeness (QED) is 0.588. The maximum absolute atomic E-state index is 13.2. The van der Waals surface area contributed by atoms with Crippen LogP contribution in [0.25, 0.3) is 0 Å². The van der Waals surface area contributed by atoms with E-state index in [9.17, 15) is 31.5 Å². The summed E-state index contributed by atoms with van der Waals surface area (Å²) in [6.45, 7) is 6.69. The van der Waals surface area contributed by atoms with Crippen molar-refractivity contribution < 1.29 is 31.5 Å². The molecule has 0 unspecified atom stereocenters. The molecule has 2 atom stereocenters. The molecule has 0 radical (unpaired) electrons. The second-order valence-electron chi connectivity index (χ2n) is 9.02. The number of benzene rings is 1. The van der Waals surface area contributed by atoms with Gasteiger partial charge in [-0.1, -0.05) is 18.2 Å². The second-order valence-corrected chi connectivity index (χ2v) is 12.1. The van der Waals surface area contributed by atoms with E-state index < -0.39 is 27.8 Å². The van der Waals surface area contributed by atoms with Crippen molar-refractivity contribution in [2.75, 3.05) is 31.1 Å². The molecule has 1 aromatic carbocycles. The molecule has 1 N–H and O–H groups in total. The summed E-state index contributed by atoms with van der Waals surface area (Å²) >= 11 is 1.13. The highest BCUT2D eigenvalue weighted by Crippen LogP contribution is 2.39. The number of alkyl halides is 3. The summed E-state index contributed by atoms with van der Waals surface area (Å²) < 4.78 is 67.6. The number of anilines is 1. The van der Waals surface area contributed by atoms with E-state index in [0.29, 0.717) is 12.6 Å². The van der Waals surface area contributed by atoms with Crippen LogP contribution in [0.1, 0.15) is 33.3 Å². The van der Waals surface area contributed by atoms with Crippen molar-refractivity contribution >= 4 is 33.0 Å². The van der Waals surface area contributed by atoms with Crippen molar-refractivity contribution in [3.05, 3.63) is 47.3 Å². The zero-order valence-corrected chi connectivity index (χ0v) is 21.6. The van der Waals surface area contributed by atoms with E-state index in [1.165, 1.54) is 35.5 Å². The van der Waals surface area contributed by atoms with Gasteiger partial charge in [-0.25, -0.2) is 8.42 Å². The Morgan fingerprint density at radius 3 is 2.31 bits per heavy atom. The van der Waals surface area contributed by atoms with Gasteiger partial charge in [-0.05, 0) is 49.9 Å². The molecule has 12 heteroatoms. The van der Waals surface area contributed by atoms with Crippen molar-refractivity contribution in [1.82, 2.24) is 9.21 Å². The van der Waals surface area contributed by atoms with Crippen molar-refractivity contribution in [2.45, 2.75) is 55.8 Å². The summed E-state index contributed by atoms with van der Waals surface area (Å²) in [6.07, 6.45) is -4.84. The van der Waals surface area contributed by atoms with Crippen molar-refractivity contribution in [3.63, 3.8) is 0 Å². The molecule has 2 heterocycles. The monoisotopic (exact) mass is 533 g/mol. The lowest BCUT2D eigenvalue weighted by molar-refractivity contribution is -0.258. The molecule has 0 bridgehead atoms. The van der Waals surface area contributed by atoms with Gasteiger partial charge in [-0.2, -0.15) is 17.5 Å². The maximum Gasteiger partial charge on any atom is 0.421 e. The first-order valence-corrected chi connectivity index (χ1v) is 13.5. The van der Waals surface area contributed by atoms with E-state index in [-0.39, 0.29) is 47.9 Å². The smallest absolute Gasteiger partial charge is 0.376 e. The van der Waals surface area contributed by atoms with Gasteiger partial charge in [0.25, 0.3) is 10.0 Å². The molecule has 1 amide bonds. The molecular formula is C23H30F3N3O4S2. The molecule has 1 aliphatic rings. The van der Waals surface area contributed by atoms with Gasteiger partial charge in [0.15, 0.2) is 5.60 Å². The van der Waals surface area contributed by atoms with Gasteiger partial charge >= 0.3 is 6.18 Å². The lowest BCUT2D eigenvalue weighted by atomic mass is 9.95. The highest BCUT2D eigenvalue weighted by Gasteiger charge is 2.51. The molecule has 35 heavy (non-hydrogen) atoms. The van der Waals surface area contributed by atoms with E-state index in [1.54, 1.807) is 22.4 Å². The van der Waals surface area contributed by atoms with E-state index in [2.05, 4.69) is 0 Å². The highest BCUT2D eigenvalue weighted by atomic mass is 32.2. The van der Waals surface area contributed by atoms with Crippen LogP contribution in [0, 0.1) is 0 Å². The predicted molar refractivity (Wildman–Crippen MR) is 129 cm³/mol. The molecule has 0 aliphatic carbocycles. The van der Waals surface area contributed by atoms with Gasteiger partial charge in [0.1, 0.15) is 4.21 Å². The van der Waals surface area contributed by atoms with Crippen LogP contribution in [0.4, 0.5) is 18.9 Å². The summed E-state index contributed by atoms with van der Waals surface area (Å²) in [5.74, 6) is -0.158. The minimum atomic E-state index is -4.84. The largest absolute Gasteiger partial charge is 0.421 e. The number of carbonyl (C=O) groups excluding carboxylic acids is 1. The normalized spacial score (nSPS) is 19.6. The first-order chi connectivity index (χ1) is 16.2. The standard InChI is InChI=1S/C23H30F3N3O4S2/c1-16(2)29(17(3)30)15-20-14-27(35(32,33)21-6-5-13-34-21)11-12-28(20)19-9-7-18(8-10-19)22(4,31)23(24,25)26/h5-10,13,16,20,31H,11-12,14-15H2,1-4H3/t20-,22-/m1/s1. The van der Waals surface area contributed by atoms with Gasteiger partial charge in [0, 0.05) is 44.8 Å². The molecule has 194 valence electrons. The van der Waals surface area contributed by atoms with E-state index >= 15 is 0 Å². The number of carbonyl (C=O) groups is 1. The number of thiophene rings is 1. The number of hydrogen-bond donors (Lipinski definition) is 1. The summed E-state index contributed by atoms with van der Waals surface area (Å²) in [5, 5.41) is 11.7. The van der Waals surface area contributed by atoms with Crippen LogP contribution in [0.2, 0.25) is 0 Å². The van der Waals surface area contributed by atoms with Crippen molar-refractivity contribution in [3.8, 4) is 0 Å².